The predicted molar refractivity (Wildman–Crippen MR) is 108 cm³/mol. The highest BCUT2D eigenvalue weighted by atomic mass is 16.6. The third-order valence-corrected chi connectivity index (χ3v) is 5.77. The van der Waals surface area contributed by atoms with E-state index in [1.807, 2.05) is 54.3 Å². The predicted octanol–water partition coefficient (Wildman–Crippen LogP) is 5.21. The normalized spacial score (nSPS) is 20.9. The Morgan fingerprint density at radius 3 is 2.75 bits per heavy atom. The minimum Gasteiger partial charge on any atom is -0.445 e. The van der Waals surface area contributed by atoms with Crippen molar-refractivity contribution in [1.29, 1.82) is 5.26 Å². The van der Waals surface area contributed by atoms with Crippen molar-refractivity contribution in [3.63, 3.8) is 0 Å². The third kappa shape index (κ3) is 3.66. The van der Waals surface area contributed by atoms with E-state index in [9.17, 15) is 4.79 Å². The lowest BCUT2D eigenvalue weighted by Crippen LogP contribution is -2.51. The van der Waals surface area contributed by atoms with Crippen molar-refractivity contribution in [2.75, 3.05) is 0 Å². The SMILES string of the molecule is Cc1cc(C2=CC3CCCC(C2)N3C(=O)OCc2ccccc2)ccc1C#N. The second-order valence-corrected chi connectivity index (χ2v) is 7.64. The lowest BCUT2D eigenvalue weighted by Gasteiger charge is -2.44. The number of benzene rings is 2. The van der Waals surface area contributed by atoms with Crippen LogP contribution in [-0.4, -0.2) is 23.1 Å². The highest BCUT2D eigenvalue weighted by Gasteiger charge is 2.38. The van der Waals surface area contributed by atoms with Crippen LogP contribution in [-0.2, 0) is 11.3 Å². The molecule has 4 rings (SSSR count). The van der Waals surface area contributed by atoms with E-state index in [-0.39, 0.29) is 18.2 Å². The summed E-state index contributed by atoms with van der Waals surface area (Å²) in [6, 6.07) is 18.3. The standard InChI is InChI=1S/C24H24N2O2/c1-17-12-19(10-11-20(17)15-25)21-13-22-8-5-9-23(14-21)26(22)24(27)28-16-18-6-3-2-4-7-18/h2-4,6-7,10-13,22-23H,5,8-9,14,16H2,1H3. The van der Waals surface area contributed by atoms with Crippen molar-refractivity contribution in [3.8, 4) is 6.07 Å². The topological polar surface area (TPSA) is 53.3 Å². The van der Waals surface area contributed by atoms with E-state index >= 15 is 0 Å². The molecule has 2 aromatic carbocycles. The number of hydrogen-bond acceptors (Lipinski definition) is 3. The van der Waals surface area contributed by atoms with Crippen LogP contribution in [0.25, 0.3) is 5.57 Å². The van der Waals surface area contributed by atoms with Crippen molar-refractivity contribution < 1.29 is 9.53 Å². The molecule has 0 spiro atoms. The van der Waals surface area contributed by atoms with Crippen LogP contribution in [0.1, 0.15) is 47.9 Å². The van der Waals surface area contributed by atoms with Crippen LogP contribution in [0.15, 0.2) is 54.6 Å². The fourth-order valence-corrected chi connectivity index (χ4v) is 4.31. The largest absolute Gasteiger partial charge is 0.445 e. The summed E-state index contributed by atoms with van der Waals surface area (Å²) in [6.07, 6.45) is 5.94. The number of fused-ring (bicyclic) bond motifs is 2. The lowest BCUT2D eigenvalue weighted by molar-refractivity contribution is 0.0510. The summed E-state index contributed by atoms with van der Waals surface area (Å²) >= 11 is 0. The smallest absolute Gasteiger partial charge is 0.410 e. The van der Waals surface area contributed by atoms with Crippen molar-refractivity contribution in [2.24, 2.45) is 0 Å². The van der Waals surface area contributed by atoms with E-state index in [2.05, 4.69) is 18.2 Å². The number of hydrogen-bond donors (Lipinski definition) is 0. The summed E-state index contributed by atoms with van der Waals surface area (Å²) in [6.45, 7) is 2.28. The van der Waals surface area contributed by atoms with Gasteiger partial charge in [-0.3, -0.25) is 4.90 Å². The molecule has 0 N–H and O–H groups in total. The van der Waals surface area contributed by atoms with Gasteiger partial charge < -0.3 is 4.74 Å². The fourth-order valence-electron chi connectivity index (χ4n) is 4.31. The number of aryl methyl sites for hydroxylation is 1. The number of nitrogens with zero attached hydrogens (tertiary/aromatic N) is 2. The first-order valence-electron chi connectivity index (χ1n) is 9.86. The van der Waals surface area contributed by atoms with Crippen LogP contribution >= 0.6 is 0 Å². The highest BCUT2D eigenvalue weighted by molar-refractivity contribution is 5.75. The first-order chi connectivity index (χ1) is 13.7. The van der Waals surface area contributed by atoms with E-state index in [1.54, 1.807) is 0 Å². The Labute approximate surface area is 166 Å². The fraction of sp³-hybridized carbons (Fsp3) is 0.333. The second kappa shape index (κ2) is 7.90. The maximum Gasteiger partial charge on any atom is 0.410 e. The molecule has 0 saturated carbocycles. The van der Waals surface area contributed by atoms with Gasteiger partial charge in [-0.15, -0.1) is 0 Å². The number of rotatable bonds is 3. The Kier molecular flexibility index (Phi) is 5.16. The van der Waals surface area contributed by atoms with Gasteiger partial charge in [-0.05, 0) is 60.9 Å². The quantitative estimate of drug-likeness (QED) is 0.743. The average molecular weight is 372 g/mol. The summed E-state index contributed by atoms with van der Waals surface area (Å²) in [5.41, 5.74) is 5.14. The second-order valence-electron chi connectivity index (χ2n) is 7.64. The van der Waals surface area contributed by atoms with Gasteiger partial charge in [-0.2, -0.15) is 5.26 Å². The van der Waals surface area contributed by atoms with Gasteiger partial charge in [-0.25, -0.2) is 4.79 Å². The number of piperidine rings is 1. The summed E-state index contributed by atoms with van der Waals surface area (Å²) < 4.78 is 5.62. The summed E-state index contributed by atoms with van der Waals surface area (Å²) in [5, 5.41) is 9.16. The van der Waals surface area contributed by atoms with E-state index in [4.69, 9.17) is 10.00 Å². The van der Waals surface area contributed by atoms with E-state index in [1.165, 1.54) is 5.57 Å². The number of amides is 1. The molecule has 2 aromatic rings. The van der Waals surface area contributed by atoms with Crippen LogP contribution in [0.4, 0.5) is 4.79 Å². The minimum absolute atomic E-state index is 0.0849. The Hall–Kier alpha value is -3.06. The highest BCUT2D eigenvalue weighted by Crippen LogP contribution is 2.37. The Bertz CT molecular complexity index is 943. The maximum absolute atomic E-state index is 12.8. The van der Waals surface area contributed by atoms with Crippen LogP contribution in [0.3, 0.4) is 0 Å². The van der Waals surface area contributed by atoms with E-state index < -0.39 is 0 Å². The van der Waals surface area contributed by atoms with Crippen molar-refractivity contribution in [2.45, 2.75) is 51.3 Å². The van der Waals surface area contributed by atoms with Gasteiger partial charge in [0.1, 0.15) is 6.61 Å². The molecule has 4 nitrogen and oxygen atoms in total. The molecule has 142 valence electrons. The molecule has 0 aromatic heterocycles. The molecule has 2 heterocycles. The zero-order valence-electron chi connectivity index (χ0n) is 16.1. The maximum atomic E-state index is 12.8. The van der Waals surface area contributed by atoms with Crippen molar-refractivity contribution >= 4 is 11.7 Å². The Morgan fingerprint density at radius 1 is 1.21 bits per heavy atom. The van der Waals surface area contributed by atoms with Gasteiger partial charge >= 0.3 is 6.09 Å². The van der Waals surface area contributed by atoms with Gasteiger partial charge in [0.15, 0.2) is 0 Å². The minimum atomic E-state index is -0.218. The third-order valence-electron chi connectivity index (χ3n) is 5.77. The molecular weight excluding hydrogens is 348 g/mol. The molecule has 1 fully saturated rings. The number of carbonyl (C=O) groups is 1. The number of ether oxygens (including phenoxy) is 1. The molecule has 2 unspecified atom stereocenters. The molecule has 0 aliphatic carbocycles. The summed E-state index contributed by atoms with van der Waals surface area (Å²) in [7, 11) is 0. The molecule has 4 heteroatoms. The Balaban J connectivity index is 1.52. The molecule has 2 aliphatic rings. The van der Waals surface area contributed by atoms with Gasteiger partial charge in [0.2, 0.25) is 0 Å². The van der Waals surface area contributed by atoms with Gasteiger partial charge in [0.05, 0.1) is 17.7 Å². The van der Waals surface area contributed by atoms with Crippen LogP contribution < -0.4 is 0 Å². The molecular formula is C24H24N2O2. The summed E-state index contributed by atoms with van der Waals surface area (Å²) in [5.74, 6) is 0. The van der Waals surface area contributed by atoms with Gasteiger partial charge in [-0.1, -0.05) is 48.5 Å². The molecule has 28 heavy (non-hydrogen) atoms. The number of nitriles is 1. The first kappa shape index (κ1) is 18.3. The van der Waals surface area contributed by atoms with Crippen molar-refractivity contribution in [3.05, 3.63) is 76.9 Å². The van der Waals surface area contributed by atoms with Crippen LogP contribution in [0.5, 0.6) is 0 Å². The monoisotopic (exact) mass is 372 g/mol. The van der Waals surface area contributed by atoms with Gasteiger partial charge in [0.25, 0.3) is 0 Å². The number of carbonyl (C=O) groups excluding carboxylic acids is 1. The first-order valence-corrected chi connectivity index (χ1v) is 9.86. The zero-order chi connectivity index (χ0) is 19.5. The molecule has 2 bridgehead atoms. The lowest BCUT2D eigenvalue weighted by atomic mass is 9.82. The summed E-state index contributed by atoms with van der Waals surface area (Å²) in [4.78, 5) is 14.7. The zero-order valence-corrected chi connectivity index (χ0v) is 16.1. The molecule has 0 radical (unpaired) electrons. The van der Waals surface area contributed by atoms with E-state index in [0.29, 0.717) is 12.2 Å². The van der Waals surface area contributed by atoms with Crippen LogP contribution in [0, 0.1) is 18.3 Å². The average Bonchev–Trinajstić information content (AvgIpc) is 2.71. The van der Waals surface area contributed by atoms with E-state index in [0.717, 1.165) is 42.4 Å². The molecule has 2 aliphatic heterocycles. The van der Waals surface area contributed by atoms with Gasteiger partial charge in [0, 0.05) is 6.04 Å². The molecule has 1 amide bonds. The molecule has 1 saturated heterocycles. The molecule has 2 atom stereocenters. The van der Waals surface area contributed by atoms with Crippen LogP contribution in [0.2, 0.25) is 0 Å². The Morgan fingerprint density at radius 2 is 2.04 bits per heavy atom. The van der Waals surface area contributed by atoms with Crippen molar-refractivity contribution in [1.82, 2.24) is 4.90 Å².